The number of methoxy groups -OCH3 is 1. The van der Waals surface area contributed by atoms with Crippen molar-refractivity contribution in [2.45, 2.75) is 17.7 Å². The van der Waals surface area contributed by atoms with Gasteiger partial charge < -0.3 is 4.74 Å². The zero-order valence-corrected chi connectivity index (χ0v) is 17.4. The van der Waals surface area contributed by atoms with Gasteiger partial charge in [0.15, 0.2) is 5.78 Å². The number of aromatic nitrogens is 2. The van der Waals surface area contributed by atoms with Crippen LogP contribution in [-0.4, -0.2) is 31.3 Å². The zero-order valence-electron chi connectivity index (χ0n) is 15.0. The van der Waals surface area contributed by atoms with Crippen molar-refractivity contribution < 1.29 is 17.9 Å². The fourth-order valence-corrected chi connectivity index (χ4v) is 5.43. The minimum absolute atomic E-state index is 0.0651. The van der Waals surface area contributed by atoms with Crippen LogP contribution >= 0.6 is 22.9 Å². The largest absolute Gasteiger partial charge is 0.497 e. The Bertz CT molecular complexity index is 1120. The molecule has 0 amide bonds. The van der Waals surface area contributed by atoms with Gasteiger partial charge in [0.2, 0.25) is 0 Å². The average Bonchev–Trinajstić information content (AvgIpc) is 3.10. The fourth-order valence-electron chi connectivity index (χ4n) is 2.44. The number of ketones is 1. The van der Waals surface area contributed by atoms with Crippen molar-refractivity contribution in [3.8, 4) is 17.1 Å². The van der Waals surface area contributed by atoms with Gasteiger partial charge in [-0.3, -0.25) is 9.78 Å². The Hall–Kier alpha value is -2.33. The highest BCUT2D eigenvalue weighted by Gasteiger charge is 2.24. The van der Waals surface area contributed by atoms with Crippen LogP contribution in [0.5, 0.6) is 5.75 Å². The van der Waals surface area contributed by atoms with Crippen LogP contribution in [0.3, 0.4) is 0 Å². The van der Waals surface area contributed by atoms with E-state index in [1.807, 2.05) is 6.07 Å². The molecule has 0 bridgehead atoms. The monoisotopic (exact) mass is 437 g/mol. The summed E-state index contributed by atoms with van der Waals surface area (Å²) in [5, 5.41) is 0. The van der Waals surface area contributed by atoms with Crippen LogP contribution in [0, 0.1) is 0 Å². The molecule has 0 atom stereocenters. The predicted octanol–water partition coefficient (Wildman–Crippen LogP) is 3.55. The average molecular weight is 438 g/mol. The SMILES string of the molecule is COc1cc(CNS(=O)(=O)c2sc(Cl)cc2C(C)=O)nc(-c2ccccn2)c1. The Morgan fingerprint density at radius 3 is 2.68 bits per heavy atom. The number of pyridine rings is 2. The Balaban J connectivity index is 1.89. The highest BCUT2D eigenvalue weighted by molar-refractivity contribution is 7.91. The third-order valence-electron chi connectivity index (χ3n) is 3.75. The number of rotatable bonds is 7. The lowest BCUT2D eigenvalue weighted by Crippen LogP contribution is -2.24. The molecular weight excluding hydrogens is 422 g/mol. The quantitative estimate of drug-likeness (QED) is 0.567. The van der Waals surface area contributed by atoms with E-state index in [2.05, 4.69) is 14.7 Å². The molecule has 3 heterocycles. The molecule has 7 nitrogen and oxygen atoms in total. The molecule has 0 radical (unpaired) electrons. The van der Waals surface area contributed by atoms with Gasteiger partial charge in [-0.25, -0.2) is 18.1 Å². The Labute approximate surface area is 171 Å². The van der Waals surface area contributed by atoms with Crippen molar-refractivity contribution in [2.75, 3.05) is 7.11 Å². The number of carbonyl (C=O) groups excluding carboxylic acids is 1. The molecule has 1 N–H and O–H groups in total. The van der Waals surface area contributed by atoms with Crippen LogP contribution in [-0.2, 0) is 16.6 Å². The molecule has 0 unspecified atom stereocenters. The summed E-state index contributed by atoms with van der Waals surface area (Å²) in [6.07, 6.45) is 1.64. The first-order valence-electron chi connectivity index (χ1n) is 8.06. The zero-order chi connectivity index (χ0) is 20.3. The smallest absolute Gasteiger partial charge is 0.251 e. The second kappa shape index (κ2) is 8.36. The minimum Gasteiger partial charge on any atom is -0.497 e. The molecule has 3 rings (SSSR count). The number of nitrogens with one attached hydrogen (secondary N) is 1. The molecule has 146 valence electrons. The van der Waals surface area contributed by atoms with E-state index in [0.717, 1.165) is 11.3 Å². The number of hydrogen-bond acceptors (Lipinski definition) is 7. The first kappa shape index (κ1) is 20.4. The summed E-state index contributed by atoms with van der Waals surface area (Å²) >= 11 is 6.73. The molecule has 0 saturated heterocycles. The summed E-state index contributed by atoms with van der Waals surface area (Å²) in [6, 6.07) is 10.1. The van der Waals surface area contributed by atoms with Gasteiger partial charge in [-0.2, -0.15) is 0 Å². The second-order valence-electron chi connectivity index (χ2n) is 5.73. The fraction of sp³-hybridized carbons (Fsp3) is 0.167. The molecule has 10 heteroatoms. The van der Waals surface area contributed by atoms with Crippen LogP contribution < -0.4 is 9.46 Å². The molecule has 0 saturated carbocycles. The van der Waals surface area contributed by atoms with E-state index < -0.39 is 10.0 Å². The normalized spacial score (nSPS) is 11.4. The first-order chi connectivity index (χ1) is 13.3. The summed E-state index contributed by atoms with van der Waals surface area (Å²) in [6.45, 7) is 1.20. The molecule has 28 heavy (non-hydrogen) atoms. The van der Waals surface area contributed by atoms with Gasteiger partial charge in [-0.1, -0.05) is 17.7 Å². The number of ether oxygens (including phenoxy) is 1. The van der Waals surface area contributed by atoms with Crippen molar-refractivity contribution in [3.05, 3.63) is 58.2 Å². The molecule has 3 aromatic heterocycles. The van der Waals surface area contributed by atoms with E-state index in [0.29, 0.717) is 22.8 Å². The summed E-state index contributed by atoms with van der Waals surface area (Å²) in [7, 11) is -2.43. The molecule has 0 aliphatic rings. The summed E-state index contributed by atoms with van der Waals surface area (Å²) in [4.78, 5) is 20.4. The van der Waals surface area contributed by atoms with Crippen molar-refractivity contribution in [1.82, 2.24) is 14.7 Å². The van der Waals surface area contributed by atoms with E-state index in [1.54, 1.807) is 30.5 Å². The minimum atomic E-state index is -3.94. The van der Waals surface area contributed by atoms with Gasteiger partial charge in [0.25, 0.3) is 10.0 Å². The van der Waals surface area contributed by atoms with Gasteiger partial charge in [0, 0.05) is 23.9 Å². The third kappa shape index (κ3) is 4.56. The van der Waals surface area contributed by atoms with Crippen molar-refractivity contribution in [1.29, 1.82) is 0 Å². The van der Waals surface area contributed by atoms with Gasteiger partial charge in [-0.05, 0) is 25.1 Å². The lowest BCUT2D eigenvalue weighted by atomic mass is 10.2. The van der Waals surface area contributed by atoms with E-state index in [4.69, 9.17) is 16.3 Å². The topological polar surface area (TPSA) is 98.2 Å². The lowest BCUT2D eigenvalue weighted by molar-refractivity contribution is 0.101. The van der Waals surface area contributed by atoms with E-state index in [-0.39, 0.29) is 26.4 Å². The van der Waals surface area contributed by atoms with Crippen LogP contribution in [0.2, 0.25) is 4.34 Å². The molecule has 3 aromatic rings. The standard InChI is InChI=1S/C18H16ClN3O4S2/c1-11(23)14-9-17(19)27-18(14)28(24,25)21-10-12-7-13(26-2)8-16(22-12)15-5-3-4-6-20-15/h3-9,21H,10H2,1-2H3. The molecular formula is C18H16ClN3O4S2. The lowest BCUT2D eigenvalue weighted by Gasteiger charge is -2.10. The van der Waals surface area contributed by atoms with E-state index >= 15 is 0 Å². The summed E-state index contributed by atoms with van der Waals surface area (Å²) in [5.74, 6) is 0.147. The predicted molar refractivity (Wildman–Crippen MR) is 107 cm³/mol. The second-order valence-corrected chi connectivity index (χ2v) is 9.38. The van der Waals surface area contributed by atoms with Crippen LogP contribution in [0.25, 0.3) is 11.4 Å². The molecule has 0 aliphatic carbocycles. The van der Waals surface area contributed by atoms with Gasteiger partial charge in [-0.15, -0.1) is 11.3 Å². The highest BCUT2D eigenvalue weighted by Crippen LogP contribution is 2.31. The molecule has 0 spiro atoms. The summed E-state index contributed by atoms with van der Waals surface area (Å²) < 4.78 is 33.2. The van der Waals surface area contributed by atoms with E-state index in [9.17, 15) is 13.2 Å². The van der Waals surface area contributed by atoms with Crippen molar-refractivity contribution in [2.24, 2.45) is 0 Å². The number of Topliss-reactive ketones (excluding diaryl/α,β-unsaturated/α-hetero) is 1. The Kier molecular flexibility index (Phi) is 6.09. The van der Waals surface area contributed by atoms with Crippen LogP contribution in [0.1, 0.15) is 23.0 Å². The number of hydrogen-bond donors (Lipinski definition) is 1. The number of halogens is 1. The number of nitrogens with zero attached hydrogens (tertiary/aromatic N) is 2. The maximum absolute atomic E-state index is 12.7. The molecule has 0 aliphatic heterocycles. The van der Waals surface area contributed by atoms with Gasteiger partial charge in [0.05, 0.1) is 35.1 Å². The molecule has 0 aromatic carbocycles. The first-order valence-corrected chi connectivity index (χ1v) is 10.7. The number of sulfonamides is 1. The van der Waals surface area contributed by atoms with Crippen molar-refractivity contribution >= 4 is 38.7 Å². The third-order valence-corrected chi connectivity index (χ3v) is 6.95. The van der Waals surface area contributed by atoms with Crippen molar-refractivity contribution in [3.63, 3.8) is 0 Å². The Morgan fingerprint density at radius 1 is 1.25 bits per heavy atom. The highest BCUT2D eigenvalue weighted by atomic mass is 35.5. The number of carbonyl (C=O) groups is 1. The van der Waals surface area contributed by atoms with Gasteiger partial charge in [0.1, 0.15) is 9.96 Å². The maximum Gasteiger partial charge on any atom is 0.251 e. The Morgan fingerprint density at radius 2 is 2.04 bits per heavy atom. The number of thiophene rings is 1. The summed E-state index contributed by atoms with van der Waals surface area (Å²) in [5.41, 5.74) is 1.69. The molecule has 0 fully saturated rings. The van der Waals surface area contributed by atoms with Gasteiger partial charge >= 0.3 is 0 Å². The maximum atomic E-state index is 12.7. The van der Waals surface area contributed by atoms with Crippen LogP contribution in [0.4, 0.5) is 0 Å². The van der Waals surface area contributed by atoms with Crippen LogP contribution in [0.15, 0.2) is 46.8 Å². The van der Waals surface area contributed by atoms with E-state index in [1.165, 1.54) is 20.1 Å².